The fourth-order valence-electron chi connectivity index (χ4n) is 3.67. The van der Waals surface area contributed by atoms with Gasteiger partial charge in [0, 0.05) is 18.6 Å². The zero-order valence-corrected chi connectivity index (χ0v) is 13.4. The quantitative estimate of drug-likeness (QED) is 0.571. The number of rotatable bonds is 0. The smallest absolute Gasteiger partial charge is 0.209 e. The molecule has 122 valence electrons. The zero-order chi connectivity index (χ0) is 16.5. The van der Waals surface area contributed by atoms with E-state index in [1.54, 1.807) is 12.1 Å². The molecule has 0 amide bonds. The molecule has 0 unspecified atom stereocenters. The van der Waals surface area contributed by atoms with E-state index in [1.807, 2.05) is 6.07 Å². The summed E-state index contributed by atoms with van der Waals surface area (Å²) < 4.78 is 49.7. The average molecular weight is 332 g/mol. The average Bonchev–Trinajstić information content (AvgIpc) is 2.61. The minimum atomic E-state index is -4.94. The molecule has 1 aliphatic heterocycles. The number of hydrogen-bond donors (Lipinski definition) is 0. The maximum absolute atomic E-state index is 13.5. The summed E-state index contributed by atoms with van der Waals surface area (Å²) in [6.45, 7) is 2.21. The maximum Gasteiger partial charge on any atom is 0.209 e. The lowest BCUT2D eigenvalue weighted by Crippen LogP contribution is -2.68. The minimum absolute atomic E-state index is 0.100. The van der Waals surface area contributed by atoms with Crippen molar-refractivity contribution in [2.45, 2.75) is 44.4 Å². The van der Waals surface area contributed by atoms with Gasteiger partial charge in [0.25, 0.3) is 0 Å². The van der Waals surface area contributed by atoms with Crippen LogP contribution in [-0.2, 0) is 5.41 Å². The summed E-state index contributed by atoms with van der Waals surface area (Å²) in [7, 11) is -2.84. The van der Waals surface area contributed by atoms with Crippen LogP contribution in [0.5, 0.6) is 0 Å². The second-order valence-electron chi connectivity index (χ2n) is 5.83. The van der Waals surface area contributed by atoms with E-state index in [2.05, 4.69) is 18.5 Å². The summed E-state index contributed by atoms with van der Waals surface area (Å²) in [4.78, 5) is 0. The predicted molar refractivity (Wildman–Crippen MR) is 67.7 cm³/mol. The van der Waals surface area contributed by atoms with Crippen LogP contribution in [0.1, 0.15) is 44.6 Å². The first kappa shape index (κ1) is 17.3. The largest absolute Gasteiger partial charge is 0.222 e. The molecular weight excluding hydrogens is 313 g/mol. The SMILES string of the molecule is CC1=[N+](C)c2ccc(F)cc2C12CCCCC2.[O-][Cl+3]([O-])([O-])[O-]. The molecule has 5 nitrogen and oxygen atoms in total. The molecule has 0 atom stereocenters. The molecule has 1 fully saturated rings. The molecule has 1 aromatic rings. The third kappa shape index (κ3) is 3.47. The first-order chi connectivity index (χ1) is 10.1. The van der Waals surface area contributed by atoms with Crippen LogP contribution in [0.25, 0.3) is 0 Å². The van der Waals surface area contributed by atoms with E-state index in [0.717, 1.165) is 0 Å². The van der Waals surface area contributed by atoms with Crippen molar-refractivity contribution in [3.63, 3.8) is 0 Å². The molecule has 1 aromatic carbocycles. The Hall–Kier alpha value is -1.05. The van der Waals surface area contributed by atoms with Gasteiger partial charge in [0.15, 0.2) is 5.71 Å². The minimum Gasteiger partial charge on any atom is -0.222 e. The van der Waals surface area contributed by atoms with Gasteiger partial charge in [0.1, 0.15) is 12.9 Å². The van der Waals surface area contributed by atoms with Crippen LogP contribution in [0.4, 0.5) is 10.1 Å². The second-order valence-corrected chi connectivity index (χ2v) is 6.58. The highest BCUT2D eigenvalue weighted by atomic mass is 35.7. The van der Waals surface area contributed by atoms with Crippen LogP contribution in [0.15, 0.2) is 18.2 Å². The van der Waals surface area contributed by atoms with Crippen LogP contribution >= 0.6 is 0 Å². The lowest BCUT2D eigenvalue weighted by Gasteiger charge is -2.31. The normalized spacial score (nSPS) is 19.8. The fourth-order valence-corrected chi connectivity index (χ4v) is 3.67. The van der Waals surface area contributed by atoms with Crippen LogP contribution in [0.3, 0.4) is 0 Å². The van der Waals surface area contributed by atoms with Crippen molar-refractivity contribution in [1.82, 2.24) is 0 Å². The Bertz CT molecular complexity index is 586. The third-order valence-electron chi connectivity index (χ3n) is 4.74. The molecule has 1 saturated carbocycles. The summed E-state index contributed by atoms with van der Waals surface area (Å²) in [6, 6.07) is 5.26. The van der Waals surface area contributed by atoms with Crippen LogP contribution in [0, 0.1) is 16.1 Å². The van der Waals surface area contributed by atoms with Crippen molar-refractivity contribution in [2.75, 3.05) is 7.05 Å². The Morgan fingerprint density at radius 2 is 1.64 bits per heavy atom. The van der Waals surface area contributed by atoms with Gasteiger partial charge in [-0.2, -0.15) is 0 Å². The molecule has 7 heteroatoms. The van der Waals surface area contributed by atoms with E-state index < -0.39 is 10.2 Å². The van der Waals surface area contributed by atoms with Crippen molar-refractivity contribution >= 4 is 11.4 Å². The first-order valence-electron chi connectivity index (χ1n) is 7.15. The van der Waals surface area contributed by atoms with Crippen LogP contribution in [-0.4, -0.2) is 17.3 Å². The molecule has 0 saturated heterocycles. The van der Waals surface area contributed by atoms with Gasteiger partial charge in [-0.15, -0.1) is 10.2 Å². The van der Waals surface area contributed by atoms with Crippen molar-refractivity contribution < 1.29 is 37.8 Å². The number of benzene rings is 1. The Labute approximate surface area is 131 Å². The number of halogens is 2. The van der Waals surface area contributed by atoms with Crippen molar-refractivity contribution in [3.05, 3.63) is 29.6 Å². The Morgan fingerprint density at radius 3 is 2.18 bits per heavy atom. The summed E-state index contributed by atoms with van der Waals surface area (Å²) in [5, 5.41) is 0. The monoisotopic (exact) mass is 331 g/mol. The second kappa shape index (κ2) is 6.22. The number of fused-ring (bicyclic) bond motifs is 2. The number of hydrogen-bond acceptors (Lipinski definition) is 4. The molecule has 0 N–H and O–H groups in total. The lowest BCUT2D eigenvalue weighted by atomic mass is 9.68. The third-order valence-corrected chi connectivity index (χ3v) is 4.74. The molecule has 1 aliphatic carbocycles. The van der Waals surface area contributed by atoms with Crippen LogP contribution < -0.4 is 18.6 Å². The molecular formula is C15H19ClFNO4. The number of nitrogens with zero attached hydrogens (tertiary/aromatic N) is 1. The molecule has 3 rings (SSSR count). The van der Waals surface area contributed by atoms with Gasteiger partial charge in [-0.1, -0.05) is 19.3 Å². The van der Waals surface area contributed by atoms with Gasteiger partial charge in [0.05, 0.1) is 5.41 Å². The van der Waals surface area contributed by atoms with Gasteiger partial charge in [-0.05, 0) is 25.0 Å². The Morgan fingerprint density at radius 1 is 1.09 bits per heavy atom. The first-order valence-corrected chi connectivity index (χ1v) is 8.38. The van der Waals surface area contributed by atoms with Gasteiger partial charge < -0.3 is 0 Å². The van der Waals surface area contributed by atoms with E-state index in [0.29, 0.717) is 0 Å². The maximum atomic E-state index is 13.5. The van der Waals surface area contributed by atoms with E-state index >= 15 is 0 Å². The van der Waals surface area contributed by atoms with Gasteiger partial charge >= 0.3 is 0 Å². The highest BCUT2D eigenvalue weighted by Crippen LogP contribution is 2.48. The van der Waals surface area contributed by atoms with Gasteiger partial charge in [-0.3, -0.25) is 0 Å². The Balaban J connectivity index is 0.000000309. The molecule has 1 spiro atoms. The van der Waals surface area contributed by atoms with Crippen molar-refractivity contribution in [2.24, 2.45) is 0 Å². The van der Waals surface area contributed by atoms with Crippen LogP contribution in [0.2, 0.25) is 0 Å². The van der Waals surface area contributed by atoms with Gasteiger partial charge in [-0.25, -0.2) is 27.6 Å². The topological polar surface area (TPSA) is 95.2 Å². The summed E-state index contributed by atoms with van der Waals surface area (Å²) in [5.74, 6) is -0.100. The molecule has 0 radical (unpaired) electrons. The molecule has 0 aromatic heterocycles. The van der Waals surface area contributed by atoms with Crippen molar-refractivity contribution in [3.8, 4) is 0 Å². The van der Waals surface area contributed by atoms with Crippen molar-refractivity contribution in [1.29, 1.82) is 0 Å². The fraction of sp³-hybridized carbons (Fsp3) is 0.533. The van der Waals surface area contributed by atoms with E-state index in [9.17, 15) is 4.39 Å². The zero-order valence-electron chi connectivity index (χ0n) is 12.6. The lowest BCUT2D eigenvalue weighted by molar-refractivity contribution is -2.00. The molecule has 2 aliphatic rings. The molecule has 0 bridgehead atoms. The highest BCUT2D eigenvalue weighted by molar-refractivity contribution is 5.94. The summed E-state index contributed by atoms with van der Waals surface area (Å²) >= 11 is 0. The Kier molecular flexibility index (Phi) is 4.89. The summed E-state index contributed by atoms with van der Waals surface area (Å²) in [6.07, 6.45) is 6.21. The molecule has 22 heavy (non-hydrogen) atoms. The van der Waals surface area contributed by atoms with E-state index in [1.165, 1.54) is 49.1 Å². The van der Waals surface area contributed by atoms with E-state index in [-0.39, 0.29) is 11.2 Å². The van der Waals surface area contributed by atoms with E-state index in [4.69, 9.17) is 18.6 Å². The van der Waals surface area contributed by atoms with Gasteiger partial charge in [0.2, 0.25) is 5.69 Å². The standard InChI is InChI=1S/C15H19FN.ClHO4/c1-11-15(8-4-3-5-9-15)13-10-12(16)6-7-14(13)17(11)2;2-1(3,4)5/h6-7,10H,3-5,8-9H2,1-2H3;(H,2,3,4,5)/q+1;/p-1. The highest BCUT2D eigenvalue weighted by Gasteiger charge is 2.49. The summed E-state index contributed by atoms with van der Waals surface area (Å²) in [5.41, 5.74) is 3.95. The molecule has 1 heterocycles. The predicted octanol–water partition coefficient (Wildman–Crippen LogP) is -0.980.